The molecule has 0 aliphatic rings. The number of nitrogens with two attached hydrogens (primary N) is 1. The predicted molar refractivity (Wildman–Crippen MR) is 83.0 cm³/mol. The summed E-state index contributed by atoms with van der Waals surface area (Å²) in [5.41, 5.74) is 7.19. The number of nitrogens with zero attached hydrogens (tertiary/aromatic N) is 1. The topological polar surface area (TPSA) is 79.2 Å². The van der Waals surface area contributed by atoms with E-state index in [1.165, 1.54) is 10.5 Å². The molecule has 0 atom stereocenters. The summed E-state index contributed by atoms with van der Waals surface area (Å²) >= 11 is 0. The van der Waals surface area contributed by atoms with Crippen LogP contribution in [0.25, 0.3) is 0 Å². The highest BCUT2D eigenvalue weighted by atomic mass is 32.2. The fourth-order valence-electron chi connectivity index (χ4n) is 2.13. The average molecular weight is 307 g/mol. The third-order valence-corrected chi connectivity index (χ3v) is 5.30. The molecule has 21 heavy (non-hydrogen) atoms. The first kappa shape index (κ1) is 15.8. The largest absolute Gasteiger partial charge is 0.363 e. The molecule has 5 nitrogen and oxygen atoms in total. The zero-order chi connectivity index (χ0) is 15.5. The smallest absolute Gasteiger partial charge is 0.245 e. The first-order valence-electron chi connectivity index (χ1n) is 6.88. The third-order valence-electron chi connectivity index (χ3n) is 3.30. The van der Waals surface area contributed by atoms with E-state index in [1.807, 2.05) is 44.2 Å². The van der Waals surface area contributed by atoms with Crippen LogP contribution < -0.4 is 5.73 Å². The lowest BCUT2D eigenvalue weighted by Gasteiger charge is -2.25. The Morgan fingerprint density at radius 1 is 1.24 bits per heavy atom. The Labute approximate surface area is 125 Å². The molecule has 6 heteroatoms. The summed E-state index contributed by atoms with van der Waals surface area (Å²) in [5, 5.41) is 0. The SMILES string of the molecule is CC(C)N(Cc1ccccc1)S(=O)(=O)c1c[nH]c(CN)c1. The summed E-state index contributed by atoms with van der Waals surface area (Å²) < 4.78 is 27.0. The van der Waals surface area contributed by atoms with Gasteiger partial charge in [0.2, 0.25) is 10.0 Å². The van der Waals surface area contributed by atoms with Gasteiger partial charge < -0.3 is 10.7 Å². The van der Waals surface area contributed by atoms with Crippen LogP contribution in [-0.4, -0.2) is 23.7 Å². The number of rotatable bonds is 6. The molecular formula is C15H21N3O2S. The van der Waals surface area contributed by atoms with Crippen LogP contribution in [0.4, 0.5) is 0 Å². The summed E-state index contributed by atoms with van der Waals surface area (Å²) in [6.45, 7) is 4.38. The van der Waals surface area contributed by atoms with Crippen LogP contribution in [0, 0.1) is 0 Å². The lowest BCUT2D eigenvalue weighted by atomic mass is 10.2. The lowest BCUT2D eigenvalue weighted by molar-refractivity contribution is 0.348. The third kappa shape index (κ3) is 3.53. The van der Waals surface area contributed by atoms with Crippen molar-refractivity contribution in [2.45, 2.75) is 37.9 Å². The summed E-state index contributed by atoms with van der Waals surface area (Å²) in [4.78, 5) is 3.15. The van der Waals surface area contributed by atoms with E-state index >= 15 is 0 Å². The fraction of sp³-hybridized carbons (Fsp3) is 0.333. The van der Waals surface area contributed by atoms with Crippen molar-refractivity contribution in [3.8, 4) is 0 Å². The molecule has 3 N–H and O–H groups in total. The van der Waals surface area contributed by atoms with Crippen LogP contribution in [-0.2, 0) is 23.1 Å². The number of benzene rings is 1. The van der Waals surface area contributed by atoms with Crippen LogP contribution in [0.2, 0.25) is 0 Å². The van der Waals surface area contributed by atoms with E-state index in [4.69, 9.17) is 5.73 Å². The molecule has 0 radical (unpaired) electrons. The first-order chi connectivity index (χ1) is 9.95. The van der Waals surface area contributed by atoms with Crippen molar-refractivity contribution >= 4 is 10.0 Å². The second-order valence-corrected chi connectivity index (χ2v) is 7.08. The summed E-state index contributed by atoms with van der Waals surface area (Å²) in [6.07, 6.45) is 1.50. The van der Waals surface area contributed by atoms with Crippen molar-refractivity contribution in [3.05, 3.63) is 53.9 Å². The maximum absolute atomic E-state index is 12.8. The molecule has 114 valence electrons. The van der Waals surface area contributed by atoms with Crippen molar-refractivity contribution in [2.75, 3.05) is 0 Å². The highest BCUT2D eigenvalue weighted by Gasteiger charge is 2.27. The zero-order valence-corrected chi connectivity index (χ0v) is 13.1. The molecule has 0 amide bonds. The van der Waals surface area contributed by atoms with Crippen molar-refractivity contribution in [3.63, 3.8) is 0 Å². The van der Waals surface area contributed by atoms with Gasteiger partial charge in [-0.2, -0.15) is 4.31 Å². The maximum Gasteiger partial charge on any atom is 0.245 e. The van der Waals surface area contributed by atoms with Gasteiger partial charge in [-0.3, -0.25) is 0 Å². The molecule has 1 aromatic carbocycles. The summed E-state index contributed by atoms with van der Waals surface area (Å²) in [5.74, 6) is 0. The number of H-pyrrole nitrogens is 1. The molecule has 1 aromatic heterocycles. The number of hydrogen-bond acceptors (Lipinski definition) is 3. The van der Waals surface area contributed by atoms with Gasteiger partial charge in [0, 0.05) is 31.0 Å². The molecule has 0 unspecified atom stereocenters. The monoisotopic (exact) mass is 307 g/mol. The van der Waals surface area contributed by atoms with Crippen molar-refractivity contribution in [1.29, 1.82) is 0 Å². The molecule has 2 aromatic rings. The van der Waals surface area contributed by atoms with E-state index in [1.54, 1.807) is 6.07 Å². The fourth-order valence-corrected chi connectivity index (χ4v) is 3.77. The molecule has 0 bridgehead atoms. The Hall–Kier alpha value is -1.63. The van der Waals surface area contributed by atoms with Gasteiger partial charge in [-0.1, -0.05) is 30.3 Å². The maximum atomic E-state index is 12.8. The van der Waals surface area contributed by atoms with Crippen molar-refractivity contribution in [2.24, 2.45) is 5.73 Å². The Balaban J connectivity index is 2.32. The summed E-state index contributed by atoms with van der Waals surface area (Å²) in [7, 11) is -3.54. The highest BCUT2D eigenvalue weighted by Crippen LogP contribution is 2.21. The van der Waals surface area contributed by atoms with Gasteiger partial charge >= 0.3 is 0 Å². The van der Waals surface area contributed by atoms with Crippen molar-refractivity contribution in [1.82, 2.24) is 9.29 Å². The average Bonchev–Trinajstić information content (AvgIpc) is 2.95. The van der Waals surface area contributed by atoms with Crippen LogP contribution in [0.3, 0.4) is 0 Å². The van der Waals surface area contributed by atoms with Crippen LogP contribution in [0.5, 0.6) is 0 Å². The number of nitrogens with one attached hydrogen (secondary N) is 1. The minimum Gasteiger partial charge on any atom is -0.363 e. The molecule has 1 heterocycles. The molecule has 0 aliphatic carbocycles. The molecular weight excluding hydrogens is 286 g/mol. The molecule has 0 saturated carbocycles. The van der Waals surface area contributed by atoms with E-state index in [0.717, 1.165) is 5.56 Å². The molecule has 0 aliphatic heterocycles. The Morgan fingerprint density at radius 3 is 2.43 bits per heavy atom. The second kappa shape index (κ2) is 6.43. The van der Waals surface area contributed by atoms with Gasteiger partial charge in [-0.05, 0) is 25.5 Å². The van der Waals surface area contributed by atoms with Gasteiger partial charge in [0.1, 0.15) is 0 Å². The van der Waals surface area contributed by atoms with Gasteiger partial charge in [0.25, 0.3) is 0 Å². The van der Waals surface area contributed by atoms with Crippen LogP contribution in [0.15, 0.2) is 47.5 Å². The first-order valence-corrected chi connectivity index (χ1v) is 8.32. The zero-order valence-electron chi connectivity index (χ0n) is 12.3. The second-order valence-electron chi connectivity index (χ2n) is 5.19. The van der Waals surface area contributed by atoms with Gasteiger partial charge in [0.05, 0.1) is 4.90 Å². The molecule has 0 spiro atoms. The highest BCUT2D eigenvalue weighted by molar-refractivity contribution is 7.89. The molecule has 0 fully saturated rings. The standard InChI is InChI=1S/C15H21N3O2S/c1-12(2)18(11-13-6-4-3-5-7-13)21(19,20)15-8-14(9-16)17-10-15/h3-8,10,12,17H,9,11,16H2,1-2H3. The normalized spacial score (nSPS) is 12.2. The van der Waals surface area contributed by atoms with Crippen LogP contribution in [0.1, 0.15) is 25.1 Å². The quantitative estimate of drug-likeness (QED) is 0.857. The minimum absolute atomic E-state index is 0.133. The van der Waals surface area contributed by atoms with E-state index in [0.29, 0.717) is 12.2 Å². The van der Waals surface area contributed by atoms with Crippen LogP contribution >= 0.6 is 0 Å². The van der Waals surface area contributed by atoms with Gasteiger partial charge in [0.15, 0.2) is 0 Å². The lowest BCUT2D eigenvalue weighted by Crippen LogP contribution is -2.36. The van der Waals surface area contributed by atoms with Gasteiger partial charge in [-0.25, -0.2) is 8.42 Å². The van der Waals surface area contributed by atoms with E-state index in [-0.39, 0.29) is 17.5 Å². The molecule has 0 saturated heterocycles. The summed E-state index contributed by atoms with van der Waals surface area (Å²) in [6, 6.07) is 11.0. The minimum atomic E-state index is -3.54. The van der Waals surface area contributed by atoms with Crippen molar-refractivity contribution < 1.29 is 8.42 Å². The number of hydrogen-bond donors (Lipinski definition) is 2. The Bertz CT molecular complexity index is 678. The number of aromatic amines is 1. The Morgan fingerprint density at radius 2 is 1.90 bits per heavy atom. The Kier molecular flexibility index (Phi) is 4.82. The van der Waals surface area contributed by atoms with E-state index in [2.05, 4.69) is 4.98 Å². The number of aromatic nitrogens is 1. The number of sulfonamides is 1. The van der Waals surface area contributed by atoms with E-state index < -0.39 is 10.0 Å². The predicted octanol–water partition coefficient (Wildman–Crippen LogP) is 2.07. The van der Waals surface area contributed by atoms with E-state index in [9.17, 15) is 8.42 Å². The molecule has 2 rings (SSSR count). The van der Waals surface area contributed by atoms with Gasteiger partial charge in [-0.15, -0.1) is 0 Å².